The second-order valence-electron chi connectivity index (χ2n) is 7.67. The quantitative estimate of drug-likeness (QED) is 0.238. The number of rotatable bonds is 11. The van der Waals surface area contributed by atoms with Crippen LogP contribution in [0.4, 0.5) is 0 Å². The molecule has 176 valence electrons. The van der Waals surface area contributed by atoms with Crippen LogP contribution in [0.25, 0.3) is 0 Å². The van der Waals surface area contributed by atoms with Gasteiger partial charge in [0.15, 0.2) is 6.61 Å². The number of hydrogen-bond acceptors (Lipinski definition) is 5. The van der Waals surface area contributed by atoms with Crippen molar-refractivity contribution < 1.29 is 19.0 Å². The molecule has 0 saturated carbocycles. The molecule has 0 unspecified atom stereocenters. The maximum absolute atomic E-state index is 12.0. The van der Waals surface area contributed by atoms with Crippen molar-refractivity contribution in [2.45, 2.75) is 13.2 Å². The first-order chi connectivity index (χ1) is 17.2. The molecule has 0 aliphatic heterocycles. The number of benzene rings is 4. The molecule has 0 saturated heterocycles. The summed E-state index contributed by atoms with van der Waals surface area (Å²) in [5, 5.41) is 3.98. The Labute approximate surface area is 204 Å². The Bertz CT molecular complexity index is 1210. The molecule has 1 amide bonds. The van der Waals surface area contributed by atoms with E-state index in [1.165, 1.54) is 0 Å². The normalized spacial score (nSPS) is 10.6. The number of amides is 1. The lowest BCUT2D eigenvalue weighted by Gasteiger charge is -2.08. The number of nitrogens with one attached hydrogen (secondary N) is 1. The van der Waals surface area contributed by atoms with Crippen LogP contribution in [-0.4, -0.2) is 18.7 Å². The average Bonchev–Trinajstić information content (AvgIpc) is 2.92. The molecule has 0 aliphatic rings. The van der Waals surface area contributed by atoms with Crippen molar-refractivity contribution in [3.8, 4) is 17.2 Å². The number of carbonyl (C=O) groups is 1. The number of hydrazone groups is 1. The number of nitrogens with zero attached hydrogens (tertiary/aromatic N) is 1. The van der Waals surface area contributed by atoms with E-state index in [1.807, 2.05) is 97.1 Å². The van der Waals surface area contributed by atoms with Crippen LogP contribution in [0, 0.1) is 0 Å². The minimum atomic E-state index is -0.353. The van der Waals surface area contributed by atoms with Crippen LogP contribution in [0.5, 0.6) is 17.2 Å². The molecule has 4 rings (SSSR count). The van der Waals surface area contributed by atoms with Gasteiger partial charge in [-0.15, -0.1) is 0 Å². The highest BCUT2D eigenvalue weighted by Crippen LogP contribution is 2.19. The fourth-order valence-electron chi connectivity index (χ4n) is 3.12. The third kappa shape index (κ3) is 8.05. The third-order valence-electron chi connectivity index (χ3n) is 4.97. The molecular formula is C29H26N2O4. The van der Waals surface area contributed by atoms with Gasteiger partial charge in [0.05, 0.1) is 6.21 Å². The molecule has 0 aliphatic carbocycles. The maximum atomic E-state index is 12.0. The van der Waals surface area contributed by atoms with Crippen LogP contribution in [0.1, 0.15) is 16.7 Å². The fraction of sp³-hybridized carbons (Fsp3) is 0.103. The Morgan fingerprint density at radius 1 is 0.629 bits per heavy atom. The van der Waals surface area contributed by atoms with Gasteiger partial charge in [-0.3, -0.25) is 4.79 Å². The van der Waals surface area contributed by atoms with Crippen LogP contribution >= 0.6 is 0 Å². The van der Waals surface area contributed by atoms with Gasteiger partial charge in [0.1, 0.15) is 30.5 Å². The van der Waals surface area contributed by atoms with Gasteiger partial charge in [-0.2, -0.15) is 5.10 Å². The van der Waals surface area contributed by atoms with Crippen molar-refractivity contribution in [3.05, 3.63) is 126 Å². The van der Waals surface area contributed by atoms with Crippen LogP contribution in [0.15, 0.2) is 114 Å². The molecule has 4 aromatic rings. The van der Waals surface area contributed by atoms with E-state index in [1.54, 1.807) is 18.3 Å². The lowest BCUT2D eigenvalue weighted by atomic mass is 10.2. The molecule has 1 N–H and O–H groups in total. The summed E-state index contributed by atoms with van der Waals surface area (Å²) in [4.78, 5) is 12.0. The zero-order valence-corrected chi connectivity index (χ0v) is 19.2. The third-order valence-corrected chi connectivity index (χ3v) is 4.97. The molecular weight excluding hydrogens is 440 g/mol. The van der Waals surface area contributed by atoms with Crippen molar-refractivity contribution in [2.75, 3.05) is 6.61 Å². The number of carbonyl (C=O) groups excluding carboxylic acids is 1. The molecule has 0 heterocycles. The van der Waals surface area contributed by atoms with E-state index >= 15 is 0 Å². The maximum Gasteiger partial charge on any atom is 0.277 e. The summed E-state index contributed by atoms with van der Waals surface area (Å²) < 4.78 is 17.0. The van der Waals surface area contributed by atoms with Gasteiger partial charge in [-0.05, 0) is 65.2 Å². The van der Waals surface area contributed by atoms with Crippen LogP contribution in [0.3, 0.4) is 0 Å². The molecule has 6 nitrogen and oxygen atoms in total. The topological polar surface area (TPSA) is 69.2 Å². The van der Waals surface area contributed by atoms with E-state index in [2.05, 4.69) is 10.5 Å². The summed E-state index contributed by atoms with van der Waals surface area (Å²) in [6.07, 6.45) is 1.57. The summed E-state index contributed by atoms with van der Waals surface area (Å²) in [6.45, 7) is 0.854. The number of hydrogen-bond donors (Lipinski definition) is 1. The Kier molecular flexibility index (Phi) is 8.49. The largest absolute Gasteiger partial charge is 0.489 e. The molecule has 6 heteroatoms. The van der Waals surface area contributed by atoms with Crippen molar-refractivity contribution >= 4 is 12.1 Å². The van der Waals surface area contributed by atoms with Crippen molar-refractivity contribution in [1.82, 2.24) is 5.43 Å². The Hall–Kier alpha value is -4.58. The fourth-order valence-corrected chi connectivity index (χ4v) is 3.12. The second-order valence-corrected chi connectivity index (χ2v) is 7.67. The standard InChI is InChI=1S/C29H26N2O4/c32-29(22-35-28-17-15-27(16-18-28)34-21-25-9-5-2-6-10-25)31-30-19-23-11-13-26(14-12-23)33-20-24-7-3-1-4-8-24/h1-19H,20-22H2,(H,31,32)/b30-19+. The Balaban J connectivity index is 1.15. The van der Waals surface area contributed by atoms with E-state index in [9.17, 15) is 4.79 Å². The zero-order chi connectivity index (χ0) is 24.1. The molecule has 0 radical (unpaired) electrons. The first-order valence-corrected chi connectivity index (χ1v) is 11.2. The average molecular weight is 467 g/mol. The summed E-state index contributed by atoms with van der Waals surface area (Å²) in [7, 11) is 0. The Morgan fingerprint density at radius 2 is 1.09 bits per heavy atom. The lowest BCUT2D eigenvalue weighted by molar-refractivity contribution is -0.123. The van der Waals surface area contributed by atoms with Gasteiger partial charge in [0, 0.05) is 0 Å². The number of ether oxygens (including phenoxy) is 3. The van der Waals surface area contributed by atoms with Gasteiger partial charge >= 0.3 is 0 Å². The first kappa shape index (κ1) is 23.6. The highest BCUT2D eigenvalue weighted by Gasteiger charge is 2.03. The van der Waals surface area contributed by atoms with E-state index in [0.717, 1.165) is 28.2 Å². The van der Waals surface area contributed by atoms with Gasteiger partial charge in [-0.25, -0.2) is 5.43 Å². The van der Waals surface area contributed by atoms with Gasteiger partial charge in [0.2, 0.25) is 0 Å². The minimum Gasteiger partial charge on any atom is -0.489 e. The minimum absolute atomic E-state index is 0.145. The van der Waals surface area contributed by atoms with E-state index in [-0.39, 0.29) is 12.5 Å². The molecule has 0 atom stereocenters. The monoisotopic (exact) mass is 466 g/mol. The van der Waals surface area contributed by atoms with Gasteiger partial charge in [0.25, 0.3) is 5.91 Å². The van der Waals surface area contributed by atoms with E-state index in [4.69, 9.17) is 14.2 Å². The molecule has 0 spiro atoms. The Morgan fingerprint density at radius 3 is 1.60 bits per heavy atom. The summed E-state index contributed by atoms with van der Waals surface area (Å²) in [5.41, 5.74) is 5.50. The van der Waals surface area contributed by atoms with E-state index in [0.29, 0.717) is 19.0 Å². The molecule has 4 aromatic carbocycles. The van der Waals surface area contributed by atoms with Crippen molar-refractivity contribution in [2.24, 2.45) is 5.10 Å². The van der Waals surface area contributed by atoms with Crippen LogP contribution in [0.2, 0.25) is 0 Å². The second kappa shape index (κ2) is 12.6. The van der Waals surface area contributed by atoms with E-state index < -0.39 is 0 Å². The molecule has 35 heavy (non-hydrogen) atoms. The van der Waals surface area contributed by atoms with Crippen molar-refractivity contribution in [1.29, 1.82) is 0 Å². The smallest absolute Gasteiger partial charge is 0.277 e. The zero-order valence-electron chi connectivity index (χ0n) is 19.2. The lowest BCUT2D eigenvalue weighted by Crippen LogP contribution is -2.24. The van der Waals surface area contributed by atoms with Gasteiger partial charge in [-0.1, -0.05) is 60.7 Å². The summed E-state index contributed by atoms with van der Waals surface area (Å²) in [5.74, 6) is 1.71. The molecule has 0 aromatic heterocycles. The molecule has 0 fully saturated rings. The predicted molar refractivity (Wildman–Crippen MR) is 136 cm³/mol. The first-order valence-electron chi connectivity index (χ1n) is 11.2. The molecule has 0 bridgehead atoms. The predicted octanol–water partition coefficient (Wildman–Crippen LogP) is 5.37. The summed E-state index contributed by atoms with van der Waals surface area (Å²) in [6, 6.07) is 34.5. The highest BCUT2D eigenvalue weighted by molar-refractivity contribution is 5.83. The van der Waals surface area contributed by atoms with Crippen molar-refractivity contribution in [3.63, 3.8) is 0 Å². The highest BCUT2D eigenvalue weighted by atomic mass is 16.5. The van der Waals surface area contributed by atoms with Gasteiger partial charge < -0.3 is 14.2 Å². The van der Waals surface area contributed by atoms with Crippen LogP contribution in [-0.2, 0) is 18.0 Å². The summed E-state index contributed by atoms with van der Waals surface area (Å²) >= 11 is 0. The van der Waals surface area contributed by atoms with Crippen LogP contribution < -0.4 is 19.6 Å². The SMILES string of the molecule is O=C(COc1ccc(OCc2ccccc2)cc1)N/N=C/c1ccc(OCc2ccccc2)cc1.